The van der Waals surface area contributed by atoms with E-state index in [1.807, 2.05) is 11.0 Å². The lowest BCUT2D eigenvalue weighted by Gasteiger charge is -2.24. The Labute approximate surface area is 133 Å². The van der Waals surface area contributed by atoms with Crippen LogP contribution in [0.2, 0.25) is 0 Å². The predicted octanol–water partition coefficient (Wildman–Crippen LogP) is 3.14. The summed E-state index contributed by atoms with van der Waals surface area (Å²) in [5, 5.41) is 18.7. The second-order valence-corrected chi connectivity index (χ2v) is 5.82. The predicted molar refractivity (Wildman–Crippen MR) is 81.3 cm³/mol. The average molecular weight is 314 g/mol. The van der Waals surface area contributed by atoms with Gasteiger partial charge in [0.2, 0.25) is 0 Å². The fourth-order valence-electron chi connectivity index (χ4n) is 3.10. The van der Waals surface area contributed by atoms with E-state index in [9.17, 15) is 13.9 Å². The minimum absolute atomic E-state index is 0.0110. The van der Waals surface area contributed by atoms with Crippen LogP contribution in [0.5, 0.6) is 0 Å². The Morgan fingerprint density at radius 2 is 2.04 bits per heavy atom. The van der Waals surface area contributed by atoms with Gasteiger partial charge in [0.15, 0.2) is 0 Å². The Balaban J connectivity index is 1.83. The highest BCUT2D eigenvalue weighted by Gasteiger charge is 2.32. The van der Waals surface area contributed by atoms with Gasteiger partial charge in [-0.25, -0.2) is 8.78 Å². The number of benzene rings is 2. The molecule has 1 heterocycles. The Hall–Kier alpha value is -2.29. The number of hydrogen-bond donors (Lipinski definition) is 1. The molecule has 1 fully saturated rings. The zero-order chi connectivity index (χ0) is 16.4. The van der Waals surface area contributed by atoms with Crippen LogP contribution in [-0.4, -0.2) is 22.7 Å². The van der Waals surface area contributed by atoms with Gasteiger partial charge in [-0.2, -0.15) is 5.26 Å². The number of nitriles is 1. The number of aliphatic hydroxyl groups excluding tert-OH is 1. The van der Waals surface area contributed by atoms with Crippen LogP contribution in [0.25, 0.3) is 0 Å². The summed E-state index contributed by atoms with van der Waals surface area (Å²) in [6, 6.07) is 12.5. The Morgan fingerprint density at radius 1 is 1.22 bits per heavy atom. The van der Waals surface area contributed by atoms with Gasteiger partial charge in [0.05, 0.1) is 11.7 Å². The van der Waals surface area contributed by atoms with Crippen molar-refractivity contribution in [3.63, 3.8) is 0 Å². The van der Waals surface area contributed by atoms with Gasteiger partial charge >= 0.3 is 0 Å². The minimum Gasteiger partial charge on any atom is -0.392 e. The van der Waals surface area contributed by atoms with E-state index in [0.717, 1.165) is 11.1 Å². The third-order valence-electron chi connectivity index (χ3n) is 4.15. The van der Waals surface area contributed by atoms with Crippen molar-refractivity contribution in [1.29, 1.82) is 5.26 Å². The molecule has 2 atom stereocenters. The summed E-state index contributed by atoms with van der Waals surface area (Å²) in [6.07, 6.45) is 0.0221. The van der Waals surface area contributed by atoms with E-state index in [1.165, 1.54) is 24.3 Å². The van der Waals surface area contributed by atoms with Gasteiger partial charge in [-0.15, -0.1) is 0 Å². The third kappa shape index (κ3) is 3.39. The Morgan fingerprint density at radius 3 is 2.74 bits per heavy atom. The zero-order valence-corrected chi connectivity index (χ0v) is 12.4. The molecule has 0 radical (unpaired) electrons. The van der Waals surface area contributed by atoms with E-state index >= 15 is 0 Å². The number of hydrogen-bond acceptors (Lipinski definition) is 3. The Bertz CT molecular complexity index is 757. The molecule has 0 aromatic heterocycles. The monoisotopic (exact) mass is 314 g/mol. The van der Waals surface area contributed by atoms with Crippen LogP contribution in [0.15, 0.2) is 42.5 Å². The molecule has 1 saturated heterocycles. The molecule has 0 spiro atoms. The van der Waals surface area contributed by atoms with E-state index in [2.05, 4.69) is 0 Å². The first-order chi connectivity index (χ1) is 11.1. The molecular formula is C18H16F2N2O. The second kappa shape index (κ2) is 6.45. The van der Waals surface area contributed by atoms with Crippen LogP contribution in [0.1, 0.15) is 29.2 Å². The third-order valence-corrected chi connectivity index (χ3v) is 4.15. The van der Waals surface area contributed by atoms with Crippen molar-refractivity contribution in [2.24, 2.45) is 0 Å². The maximum absolute atomic E-state index is 13.7. The van der Waals surface area contributed by atoms with Gasteiger partial charge in [-0.1, -0.05) is 18.2 Å². The summed E-state index contributed by atoms with van der Waals surface area (Å²) >= 11 is 0. The topological polar surface area (TPSA) is 47.3 Å². The molecule has 1 aliphatic rings. The van der Waals surface area contributed by atoms with Gasteiger partial charge in [0, 0.05) is 19.1 Å². The lowest BCUT2D eigenvalue weighted by Crippen LogP contribution is -2.24. The summed E-state index contributed by atoms with van der Waals surface area (Å²) < 4.78 is 27.2. The molecule has 1 aliphatic heterocycles. The molecule has 2 unspecified atom stereocenters. The number of nitrogens with zero attached hydrogens (tertiary/aromatic N) is 2. The SMILES string of the molecule is N#Cc1ccc(CN2CC(O)CC2c2cccc(F)c2)cc1F. The molecule has 0 saturated carbocycles. The highest BCUT2D eigenvalue weighted by atomic mass is 19.1. The van der Waals surface area contributed by atoms with Crippen LogP contribution in [0.3, 0.4) is 0 Å². The van der Waals surface area contributed by atoms with Crippen LogP contribution < -0.4 is 0 Å². The summed E-state index contributed by atoms with van der Waals surface area (Å²) in [4.78, 5) is 2.00. The molecule has 1 N–H and O–H groups in total. The van der Waals surface area contributed by atoms with E-state index < -0.39 is 11.9 Å². The van der Waals surface area contributed by atoms with Crippen LogP contribution in [-0.2, 0) is 6.54 Å². The van der Waals surface area contributed by atoms with Crippen molar-refractivity contribution in [3.05, 3.63) is 70.8 Å². The smallest absolute Gasteiger partial charge is 0.141 e. The second-order valence-electron chi connectivity index (χ2n) is 5.82. The van der Waals surface area contributed by atoms with Crippen molar-refractivity contribution >= 4 is 0 Å². The summed E-state index contributed by atoms with van der Waals surface area (Å²) in [5.41, 5.74) is 1.53. The molecule has 118 valence electrons. The highest BCUT2D eigenvalue weighted by Crippen LogP contribution is 2.33. The van der Waals surface area contributed by atoms with Crippen molar-refractivity contribution in [3.8, 4) is 6.07 Å². The molecule has 0 bridgehead atoms. The summed E-state index contributed by atoms with van der Waals surface area (Å²) in [5.74, 6) is -0.861. The molecule has 2 aromatic rings. The molecule has 0 amide bonds. The van der Waals surface area contributed by atoms with E-state index in [4.69, 9.17) is 5.26 Å². The molecule has 3 nitrogen and oxygen atoms in total. The standard InChI is InChI=1S/C18H16F2N2O/c19-15-3-1-2-13(7-15)18-8-16(23)11-22(18)10-12-4-5-14(9-21)17(20)6-12/h1-7,16,18,23H,8,10-11H2. The average Bonchev–Trinajstić information content (AvgIpc) is 2.88. The van der Waals surface area contributed by atoms with Crippen molar-refractivity contribution in [2.75, 3.05) is 6.54 Å². The fourth-order valence-corrected chi connectivity index (χ4v) is 3.10. The fraction of sp³-hybridized carbons (Fsp3) is 0.278. The van der Waals surface area contributed by atoms with Gasteiger partial charge in [0.25, 0.3) is 0 Å². The number of rotatable bonds is 3. The van der Waals surface area contributed by atoms with Gasteiger partial charge in [-0.05, 0) is 41.8 Å². The number of aliphatic hydroxyl groups is 1. The number of β-amino-alcohol motifs (C(OH)–C–C–N with tert-alkyl or cyclic N) is 1. The van der Waals surface area contributed by atoms with E-state index in [1.54, 1.807) is 18.2 Å². The quantitative estimate of drug-likeness (QED) is 0.947. The van der Waals surface area contributed by atoms with Gasteiger partial charge < -0.3 is 5.11 Å². The van der Waals surface area contributed by atoms with E-state index in [-0.39, 0.29) is 17.4 Å². The maximum atomic E-state index is 13.7. The minimum atomic E-state index is -0.549. The first kappa shape index (κ1) is 15.6. The normalized spacial score (nSPS) is 21.3. The maximum Gasteiger partial charge on any atom is 0.141 e. The van der Waals surface area contributed by atoms with Gasteiger partial charge in [0.1, 0.15) is 17.7 Å². The Kier molecular flexibility index (Phi) is 4.37. The lowest BCUT2D eigenvalue weighted by molar-refractivity contribution is 0.172. The van der Waals surface area contributed by atoms with Gasteiger partial charge in [-0.3, -0.25) is 4.90 Å². The summed E-state index contributed by atoms with van der Waals surface area (Å²) in [7, 11) is 0. The molecule has 0 aliphatic carbocycles. The molecule has 23 heavy (non-hydrogen) atoms. The largest absolute Gasteiger partial charge is 0.392 e. The molecule has 3 rings (SSSR count). The highest BCUT2D eigenvalue weighted by molar-refractivity contribution is 5.33. The molecular weight excluding hydrogens is 298 g/mol. The van der Waals surface area contributed by atoms with Crippen molar-refractivity contribution < 1.29 is 13.9 Å². The van der Waals surface area contributed by atoms with Crippen molar-refractivity contribution in [1.82, 2.24) is 4.90 Å². The van der Waals surface area contributed by atoms with Crippen LogP contribution >= 0.6 is 0 Å². The number of halogens is 2. The van der Waals surface area contributed by atoms with Crippen LogP contribution in [0, 0.1) is 23.0 Å². The molecule has 5 heteroatoms. The van der Waals surface area contributed by atoms with Crippen LogP contribution in [0.4, 0.5) is 8.78 Å². The van der Waals surface area contributed by atoms with E-state index in [0.29, 0.717) is 19.5 Å². The number of likely N-dealkylation sites (tertiary alicyclic amines) is 1. The first-order valence-corrected chi connectivity index (χ1v) is 7.43. The lowest BCUT2D eigenvalue weighted by atomic mass is 10.0. The first-order valence-electron chi connectivity index (χ1n) is 7.43. The molecule has 2 aromatic carbocycles. The summed E-state index contributed by atoms with van der Waals surface area (Å²) in [6.45, 7) is 0.879. The zero-order valence-electron chi connectivity index (χ0n) is 12.4. The van der Waals surface area contributed by atoms with Crippen molar-refractivity contribution in [2.45, 2.75) is 25.1 Å².